The molecule has 4 rings (SSSR count). The van der Waals surface area contributed by atoms with E-state index in [0.717, 1.165) is 12.3 Å². The molecule has 0 saturated heterocycles. The van der Waals surface area contributed by atoms with Gasteiger partial charge in [-0.3, -0.25) is 4.79 Å². The van der Waals surface area contributed by atoms with Crippen molar-refractivity contribution in [1.82, 2.24) is 5.32 Å². The molecule has 4 aliphatic heterocycles. The van der Waals surface area contributed by atoms with Crippen molar-refractivity contribution < 1.29 is 4.79 Å². The number of rotatable bonds is 3. The zero-order chi connectivity index (χ0) is 16.5. The lowest BCUT2D eigenvalue weighted by Crippen LogP contribution is -2.27. The zero-order valence-corrected chi connectivity index (χ0v) is 19.3. The highest BCUT2D eigenvalue weighted by molar-refractivity contribution is 8.45. The highest BCUT2D eigenvalue weighted by Gasteiger charge is 2.35. The summed E-state index contributed by atoms with van der Waals surface area (Å²) in [6, 6.07) is 0. The minimum atomic E-state index is 0.182. The molecule has 0 radical (unpaired) electrons. The van der Waals surface area contributed by atoms with Crippen molar-refractivity contribution in [3.05, 3.63) is 25.4 Å². The molecular formula is C14H15NOS8. The molecule has 0 aromatic rings. The Morgan fingerprint density at radius 2 is 1.50 bits per heavy atom. The second-order valence-corrected chi connectivity index (χ2v) is 15.2. The van der Waals surface area contributed by atoms with E-state index in [2.05, 4.69) is 5.32 Å². The van der Waals surface area contributed by atoms with Crippen LogP contribution in [-0.4, -0.2) is 35.0 Å². The number of hydrogen-bond donors (Lipinski definition) is 1. The number of nitrogens with one attached hydrogen (secondary N) is 1. The van der Waals surface area contributed by atoms with E-state index in [0.29, 0.717) is 11.7 Å². The van der Waals surface area contributed by atoms with Gasteiger partial charge in [0.05, 0.1) is 25.4 Å². The van der Waals surface area contributed by atoms with Crippen LogP contribution >= 0.6 is 94.1 Å². The Morgan fingerprint density at radius 1 is 0.917 bits per heavy atom. The third-order valence-corrected chi connectivity index (χ3v) is 15.6. The van der Waals surface area contributed by atoms with E-state index in [1.165, 1.54) is 36.9 Å². The van der Waals surface area contributed by atoms with Crippen molar-refractivity contribution in [2.24, 2.45) is 0 Å². The van der Waals surface area contributed by atoms with E-state index in [1.54, 1.807) is 0 Å². The Kier molecular flexibility index (Phi) is 6.80. The van der Waals surface area contributed by atoms with Gasteiger partial charge >= 0.3 is 0 Å². The number of thioether (sulfide) groups is 8. The first kappa shape index (κ1) is 18.8. The minimum absolute atomic E-state index is 0.182. The van der Waals surface area contributed by atoms with Crippen LogP contribution in [0.15, 0.2) is 25.4 Å². The fraction of sp³-hybridized carbons (Fsp3) is 0.500. The molecule has 4 aliphatic rings. The molecular weight excluding hydrogens is 455 g/mol. The molecule has 1 N–H and O–H groups in total. The van der Waals surface area contributed by atoms with Crippen LogP contribution in [0.2, 0.25) is 0 Å². The van der Waals surface area contributed by atoms with Crippen molar-refractivity contribution in [1.29, 1.82) is 0 Å². The topological polar surface area (TPSA) is 29.1 Å². The Bertz CT molecular complexity index is 635. The molecule has 1 amide bonds. The fourth-order valence-corrected chi connectivity index (χ4v) is 14.9. The van der Waals surface area contributed by atoms with Crippen LogP contribution < -0.4 is 5.32 Å². The van der Waals surface area contributed by atoms with Gasteiger partial charge in [-0.25, -0.2) is 0 Å². The molecule has 2 nitrogen and oxygen atoms in total. The average molecular weight is 470 g/mol. The number of carbonyl (C=O) groups excluding carboxylic acids is 1. The van der Waals surface area contributed by atoms with E-state index in [-0.39, 0.29) is 5.91 Å². The molecule has 24 heavy (non-hydrogen) atoms. The smallest absolute Gasteiger partial charge is 0.221 e. The molecule has 1 atom stereocenters. The van der Waals surface area contributed by atoms with E-state index in [9.17, 15) is 4.79 Å². The maximum absolute atomic E-state index is 11.8. The lowest BCUT2D eigenvalue weighted by Gasteiger charge is -2.20. The predicted molar refractivity (Wildman–Crippen MR) is 123 cm³/mol. The van der Waals surface area contributed by atoms with Gasteiger partial charge in [0.25, 0.3) is 0 Å². The van der Waals surface area contributed by atoms with Gasteiger partial charge in [0.1, 0.15) is 0 Å². The maximum Gasteiger partial charge on any atom is 0.221 e. The van der Waals surface area contributed by atoms with E-state index >= 15 is 0 Å². The third-order valence-electron chi connectivity index (χ3n) is 3.25. The van der Waals surface area contributed by atoms with Crippen LogP contribution in [0.25, 0.3) is 0 Å². The zero-order valence-electron chi connectivity index (χ0n) is 12.8. The van der Waals surface area contributed by atoms with Gasteiger partial charge in [-0.1, -0.05) is 47.0 Å². The number of hydrogen-bond acceptors (Lipinski definition) is 9. The summed E-state index contributed by atoms with van der Waals surface area (Å²) in [6.07, 6.45) is 0.631. The van der Waals surface area contributed by atoms with E-state index in [1.807, 2.05) is 101 Å². The standard InChI is InChI=1S/C14H15NOS8/c1-2-15-8(16)5-7-6-19-11-12(20-7)24-14(23-11)13-21-9-10(22-13)18-4-3-17-9/h7H,2-6H2,1H3,(H,15,16). The quantitative estimate of drug-likeness (QED) is 0.520. The fourth-order valence-electron chi connectivity index (χ4n) is 2.25. The second-order valence-electron chi connectivity index (χ2n) is 5.04. The lowest BCUT2D eigenvalue weighted by atomic mass is 10.3. The van der Waals surface area contributed by atoms with E-state index in [4.69, 9.17) is 0 Å². The van der Waals surface area contributed by atoms with Crippen LogP contribution in [0.4, 0.5) is 0 Å². The van der Waals surface area contributed by atoms with E-state index < -0.39 is 0 Å². The molecule has 0 spiro atoms. The van der Waals surface area contributed by atoms with Crippen LogP contribution in [0.5, 0.6) is 0 Å². The lowest BCUT2D eigenvalue weighted by molar-refractivity contribution is -0.120. The van der Waals surface area contributed by atoms with Gasteiger partial charge in [0, 0.05) is 35.5 Å². The van der Waals surface area contributed by atoms with Gasteiger partial charge in [-0.15, -0.1) is 47.0 Å². The van der Waals surface area contributed by atoms with Crippen molar-refractivity contribution >= 4 is 100 Å². The summed E-state index contributed by atoms with van der Waals surface area (Å²) >= 11 is 15.7. The Morgan fingerprint density at radius 3 is 2.12 bits per heavy atom. The molecule has 130 valence electrons. The maximum atomic E-state index is 11.8. The normalized spacial score (nSPS) is 26.8. The van der Waals surface area contributed by atoms with Gasteiger partial charge in [0.15, 0.2) is 0 Å². The molecule has 0 aromatic carbocycles. The Balaban J connectivity index is 1.38. The average Bonchev–Trinajstić information content (AvgIpc) is 3.18. The summed E-state index contributed by atoms with van der Waals surface area (Å²) < 4.78 is 8.81. The van der Waals surface area contributed by atoms with Crippen LogP contribution in [0.1, 0.15) is 13.3 Å². The summed E-state index contributed by atoms with van der Waals surface area (Å²) in [5.74, 6) is 3.70. The Hall–Kier alpha value is 1.49. The van der Waals surface area contributed by atoms with Gasteiger partial charge < -0.3 is 5.32 Å². The molecule has 0 aromatic heterocycles. The largest absolute Gasteiger partial charge is 0.356 e. The second kappa shape index (κ2) is 8.67. The first-order chi connectivity index (χ1) is 11.7. The highest BCUT2D eigenvalue weighted by Crippen LogP contribution is 2.68. The third kappa shape index (κ3) is 4.31. The monoisotopic (exact) mass is 469 g/mol. The van der Waals surface area contributed by atoms with Crippen LogP contribution in [0.3, 0.4) is 0 Å². The highest BCUT2D eigenvalue weighted by atomic mass is 32.3. The van der Waals surface area contributed by atoms with Crippen molar-refractivity contribution in [2.75, 3.05) is 23.8 Å². The van der Waals surface area contributed by atoms with Crippen LogP contribution in [-0.2, 0) is 4.79 Å². The summed E-state index contributed by atoms with van der Waals surface area (Å²) in [4.78, 5) is 11.8. The van der Waals surface area contributed by atoms with Crippen molar-refractivity contribution in [3.63, 3.8) is 0 Å². The van der Waals surface area contributed by atoms with Gasteiger partial charge in [-0.2, -0.15) is 0 Å². The number of carbonyl (C=O) groups is 1. The molecule has 4 heterocycles. The van der Waals surface area contributed by atoms with Gasteiger partial charge in [-0.05, 0) is 6.92 Å². The van der Waals surface area contributed by atoms with Gasteiger partial charge in [0.2, 0.25) is 5.91 Å². The van der Waals surface area contributed by atoms with Crippen molar-refractivity contribution in [3.8, 4) is 0 Å². The molecule has 1 unspecified atom stereocenters. The summed E-state index contributed by atoms with van der Waals surface area (Å²) in [5, 5.41) is 3.32. The molecule has 0 aliphatic carbocycles. The molecule has 0 bridgehead atoms. The summed E-state index contributed by atoms with van der Waals surface area (Å²) in [5.41, 5.74) is 0. The first-order valence-corrected chi connectivity index (χ1v) is 14.6. The minimum Gasteiger partial charge on any atom is -0.356 e. The first-order valence-electron chi connectivity index (χ1n) is 7.49. The van der Waals surface area contributed by atoms with Crippen molar-refractivity contribution in [2.45, 2.75) is 18.6 Å². The summed E-state index contributed by atoms with van der Waals surface area (Å²) in [7, 11) is 0. The SMILES string of the molecule is CCNC(=O)CC1CSC2=C(SC(=C3SC4=C(SCCS4)S3)S2)S1. The van der Waals surface area contributed by atoms with Crippen LogP contribution in [0, 0.1) is 0 Å². The number of amides is 1. The molecule has 0 saturated carbocycles. The Labute approximate surface area is 176 Å². The molecule has 0 fully saturated rings. The molecule has 10 heteroatoms. The summed E-state index contributed by atoms with van der Waals surface area (Å²) in [6.45, 7) is 2.70. The predicted octanol–water partition coefficient (Wildman–Crippen LogP) is 6.18.